The minimum atomic E-state index is -0.413. The Morgan fingerprint density at radius 2 is 2.20 bits per heavy atom. The lowest BCUT2D eigenvalue weighted by Gasteiger charge is -1.98. The van der Waals surface area contributed by atoms with Crippen LogP contribution in [0, 0.1) is 17.0 Å². The van der Waals surface area contributed by atoms with Crippen LogP contribution in [0.2, 0.25) is 0 Å². The second-order valence-electron chi connectivity index (χ2n) is 4.16. The summed E-state index contributed by atoms with van der Waals surface area (Å²) < 4.78 is 5.21. The average Bonchev–Trinajstić information content (AvgIpc) is 3.09. The smallest absolute Gasteiger partial charge is 0.272 e. The zero-order chi connectivity index (χ0) is 14.1. The number of nitrogens with zero attached hydrogens (tertiary/aromatic N) is 3. The second-order valence-corrected chi connectivity index (χ2v) is 5.11. The number of nitro groups is 1. The highest BCUT2D eigenvalue weighted by molar-refractivity contribution is 7.13. The van der Waals surface area contributed by atoms with Crippen molar-refractivity contribution in [2.24, 2.45) is 0 Å². The summed E-state index contributed by atoms with van der Waals surface area (Å²) in [7, 11) is 0. The molecule has 3 aromatic rings. The molecule has 7 heteroatoms. The van der Waals surface area contributed by atoms with E-state index in [2.05, 4.69) is 10.1 Å². The van der Waals surface area contributed by atoms with Gasteiger partial charge in [0.25, 0.3) is 11.6 Å². The van der Waals surface area contributed by atoms with Gasteiger partial charge in [-0.05, 0) is 30.5 Å². The third-order valence-electron chi connectivity index (χ3n) is 2.81. The van der Waals surface area contributed by atoms with Gasteiger partial charge < -0.3 is 4.52 Å². The van der Waals surface area contributed by atoms with Crippen molar-refractivity contribution in [3.05, 3.63) is 51.4 Å². The van der Waals surface area contributed by atoms with E-state index >= 15 is 0 Å². The van der Waals surface area contributed by atoms with Crippen LogP contribution in [0.4, 0.5) is 5.69 Å². The Balaban J connectivity index is 1.98. The zero-order valence-electron chi connectivity index (χ0n) is 10.4. The Morgan fingerprint density at radius 3 is 2.85 bits per heavy atom. The molecule has 0 amide bonds. The molecule has 100 valence electrons. The molecule has 0 fully saturated rings. The summed E-state index contributed by atoms with van der Waals surface area (Å²) in [4.78, 5) is 15.6. The van der Waals surface area contributed by atoms with Crippen LogP contribution in [0.1, 0.15) is 5.56 Å². The van der Waals surface area contributed by atoms with Gasteiger partial charge in [-0.25, -0.2) is 0 Å². The van der Waals surface area contributed by atoms with Crippen molar-refractivity contribution in [1.82, 2.24) is 10.1 Å². The van der Waals surface area contributed by atoms with Gasteiger partial charge in [-0.3, -0.25) is 10.1 Å². The molecule has 6 nitrogen and oxygen atoms in total. The minimum absolute atomic E-state index is 0.0757. The summed E-state index contributed by atoms with van der Waals surface area (Å²) in [6.07, 6.45) is 0. The molecule has 0 aliphatic heterocycles. The molecular weight excluding hydrogens is 278 g/mol. The Labute approximate surface area is 117 Å². The molecule has 0 N–H and O–H groups in total. The summed E-state index contributed by atoms with van der Waals surface area (Å²) in [5, 5.41) is 16.6. The van der Waals surface area contributed by atoms with Gasteiger partial charge in [0.15, 0.2) is 0 Å². The molecule has 0 unspecified atom stereocenters. The van der Waals surface area contributed by atoms with E-state index < -0.39 is 4.92 Å². The lowest BCUT2D eigenvalue weighted by atomic mass is 10.1. The molecule has 0 radical (unpaired) electrons. The molecule has 20 heavy (non-hydrogen) atoms. The molecule has 2 heterocycles. The fourth-order valence-corrected chi connectivity index (χ4v) is 2.49. The molecule has 1 aromatic carbocycles. The van der Waals surface area contributed by atoms with E-state index in [1.807, 2.05) is 17.5 Å². The van der Waals surface area contributed by atoms with Gasteiger partial charge in [0, 0.05) is 17.2 Å². The van der Waals surface area contributed by atoms with Crippen LogP contribution in [0.5, 0.6) is 0 Å². The molecule has 2 aromatic heterocycles. The van der Waals surface area contributed by atoms with Crippen LogP contribution >= 0.6 is 11.3 Å². The summed E-state index contributed by atoms with van der Waals surface area (Å²) in [6.45, 7) is 1.68. The Hall–Kier alpha value is -2.54. The first-order chi connectivity index (χ1) is 9.65. The van der Waals surface area contributed by atoms with E-state index in [4.69, 9.17) is 4.52 Å². The predicted molar refractivity (Wildman–Crippen MR) is 74.4 cm³/mol. The van der Waals surface area contributed by atoms with E-state index in [1.165, 1.54) is 17.4 Å². The minimum Gasteiger partial charge on any atom is -0.334 e. The molecule has 0 saturated heterocycles. The van der Waals surface area contributed by atoms with Crippen LogP contribution in [0.15, 0.2) is 40.2 Å². The van der Waals surface area contributed by atoms with Crippen LogP contribution in [-0.4, -0.2) is 15.1 Å². The maximum absolute atomic E-state index is 10.8. The van der Waals surface area contributed by atoms with Crippen molar-refractivity contribution in [1.29, 1.82) is 0 Å². The van der Waals surface area contributed by atoms with Crippen molar-refractivity contribution in [3.63, 3.8) is 0 Å². The number of hydrogen-bond acceptors (Lipinski definition) is 6. The quantitative estimate of drug-likeness (QED) is 0.542. The monoisotopic (exact) mass is 287 g/mol. The van der Waals surface area contributed by atoms with Gasteiger partial charge in [0.05, 0.1) is 9.80 Å². The fraction of sp³-hybridized carbons (Fsp3) is 0.0769. The van der Waals surface area contributed by atoms with Crippen molar-refractivity contribution in [2.45, 2.75) is 6.92 Å². The summed E-state index contributed by atoms with van der Waals surface area (Å²) in [6, 6.07) is 8.53. The number of hydrogen-bond donors (Lipinski definition) is 0. The van der Waals surface area contributed by atoms with E-state index in [1.54, 1.807) is 19.1 Å². The molecule has 0 aliphatic rings. The van der Waals surface area contributed by atoms with Gasteiger partial charge in [-0.15, -0.1) is 11.3 Å². The molecule has 0 aliphatic carbocycles. The van der Waals surface area contributed by atoms with Gasteiger partial charge in [0.2, 0.25) is 5.82 Å². The number of thiophene rings is 1. The first-order valence-electron chi connectivity index (χ1n) is 5.78. The number of aromatic nitrogens is 2. The molecule has 0 spiro atoms. The predicted octanol–water partition coefficient (Wildman–Crippen LogP) is 3.68. The Kier molecular flexibility index (Phi) is 3.03. The highest BCUT2D eigenvalue weighted by Crippen LogP contribution is 2.28. The van der Waals surface area contributed by atoms with E-state index in [9.17, 15) is 10.1 Å². The van der Waals surface area contributed by atoms with E-state index in [0.29, 0.717) is 22.8 Å². The summed E-state index contributed by atoms with van der Waals surface area (Å²) in [5.74, 6) is 0.873. The molecule has 0 atom stereocenters. The number of benzene rings is 1. The first-order valence-corrected chi connectivity index (χ1v) is 6.66. The van der Waals surface area contributed by atoms with Crippen LogP contribution in [0.25, 0.3) is 22.2 Å². The molecular formula is C13H9N3O3S. The Bertz CT molecular complexity index is 765. The highest BCUT2D eigenvalue weighted by Gasteiger charge is 2.15. The van der Waals surface area contributed by atoms with Crippen LogP contribution in [-0.2, 0) is 0 Å². The standard InChI is InChI=1S/C13H9N3O3S/c1-8-7-9(4-5-10(8)16(17)18)13-14-12(15-19-13)11-3-2-6-20-11/h2-7H,1H3. The SMILES string of the molecule is Cc1cc(-c2nc(-c3cccs3)no2)ccc1[N+](=O)[O-]. The Morgan fingerprint density at radius 1 is 1.35 bits per heavy atom. The van der Waals surface area contributed by atoms with E-state index in [-0.39, 0.29) is 5.69 Å². The maximum atomic E-state index is 10.8. The highest BCUT2D eigenvalue weighted by atomic mass is 32.1. The topological polar surface area (TPSA) is 82.1 Å². The number of rotatable bonds is 3. The number of aryl methyl sites for hydroxylation is 1. The average molecular weight is 287 g/mol. The largest absolute Gasteiger partial charge is 0.334 e. The lowest BCUT2D eigenvalue weighted by molar-refractivity contribution is -0.385. The van der Waals surface area contributed by atoms with Crippen LogP contribution in [0.3, 0.4) is 0 Å². The summed E-state index contributed by atoms with van der Waals surface area (Å²) in [5.41, 5.74) is 1.30. The van der Waals surface area contributed by atoms with Crippen molar-refractivity contribution < 1.29 is 9.45 Å². The molecule has 3 rings (SSSR count). The lowest BCUT2D eigenvalue weighted by Crippen LogP contribution is -1.91. The maximum Gasteiger partial charge on any atom is 0.272 e. The third-order valence-corrected chi connectivity index (χ3v) is 3.67. The summed E-state index contributed by atoms with van der Waals surface area (Å²) >= 11 is 1.52. The van der Waals surface area contributed by atoms with Crippen LogP contribution < -0.4 is 0 Å². The van der Waals surface area contributed by atoms with Gasteiger partial charge >= 0.3 is 0 Å². The van der Waals surface area contributed by atoms with Gasteiger partial charge in [0.1, 0.15) is 0 Å². The third kappa shape index (κ3) is 2.19. The van der Waals surface area contributed by atoms with Crippen molar-refractivity contribution in [2.75, 3.05) is 0 Å². The van der Waals surface area contributed by atoms with Crippen molar-refractivity contribution in [3.8, 4) is 22.2 Å². The second kappa shape index (κ2) is 4.86. The van der Waals surface area contributed by atoms with Gasteiger partial charge in [-0.2, -0.15) is 4.98 Å². The van der Waals surface area contributed by atoms with Gasteiger partial charge in [-0.1, -0.05) is 11.2 Å². The van der Waals surface area contributed by atoms with E-state index in [0.717, 1.165) is 4.88 Å². The zero-order valence-corrected chi connectivity index (χ0v) is 11.3. The normalized spacial score (nSPS) is 10.7. The van der Waals surface area contributed by atoms with Crippen molar-refractivity contribution >= 4 is 17.0 Å². The fourth-order valence-electron chi connectivity index (χ4n) is 1.84. The molecule has 0 saturated carbocycles. The molecule has 0 bridgehead atoms. The number of nitro benzene ring substituents is 1. The first kappa shape index (κ1) is 12.5.